The van der Waals surface area contributed by atoms with E-state index in [2.05, 4.69) is 10.6 Å². The summed E-state index contributed by atoms with van der Waals surface area (Å²) in [6.07, 6.45) is 3.65. The first kappa shape index (κ1) is 17.5. The number of rotatable bonds is 4. The SMILES string of the molecule is O=C1NC(=S)N/C1=C\c1cn(Cc2ccccc2Cl)nc1-c1ccccc1. The standard InChI is InChI=1S/C20H15ClN4OS/c21-16-9-5-4-8-14(16)11-25-12-15(10-17-19(26)23-20(27)22-17)18(24-25)13-6-2-1-3-7-13/h1-10,12H,11H2,(H2,22,23,26,27)/b17-10-. The molecule has 5 nitrogen and oxygen atoms in total. The Morgan fingerprint density at radius 3 is 2.52 bits per heavy atom. The third kappa shape index (κ3) is 3.77. The highest BCUT2D eigenvalue weighted by Crippen LogP contribution is 2.25. The van der Waals surface area contributed by atoms with Crippen LogP contribution in [0.25, 0.3) is 17.3 Å². The Bertz CT molecular complexity index is 1060. The van der Waals surface area contributed by atoms with Crippen molar-refractivity contribution in [1.29, 1.82) is 0 Å². The van der Waals surface area contributed by atoms with E-state index < -0.39 is 0 Å². The maximum Gasteiger partial charge on any atom is 0.273 e. The molecule has 1 amide bonds. The second-order valence-electron chi connectivity index (χ2n) is 6.05. The minimum atomic E-state index is -0.252. The smallest absolute Gasteiger partial charge is 0.273 e. The molecule has 1 fully saturated rings. The van der Waals surface area contributed by atoms with Crippen molar-refractivity contribution in [3.63, 3.8) is 0 Å². The summed E-state index contributed by atoms with van der Waals surface area (Å²) in [5.41, 5.74) is 3.93. The molecule has 0 saturated carbocycles. The highest BCUT2D eigenvalue weighted by molar-refractivity contribution is 7.80. The number of aromatic nitrogens is 2. The summed E-state index contributed by atoms with van der Waals surface area (Å²) < 4.78 is 1.82. The lowest BCUT2D eigenvalue weighted by atomic mass is 10.1. The largest absolute Gasteiger partial charge is 0.328 e. The molecule has 0 unspecified atom stereocenters. The second kappa shape index (κ2) is 7.34. The van der Waals surface area contributed by atoms with E-state index in [0.29, 0.717) is 22.4 Å². The van der Waals surface area contributed by atoms with E-state index in [1.165, 1.54) is 0 Å². The minimum Gasteiger partial charge on any atom is -0.328 e. The minimum absolute atomic E-state index is 0.252. The van der Waals surface area contributed by atoms with Gasteiger partial charge in [0.25, 0.3) is 5.91 Å². The van der Waals surface area contributed by atoms with Crippen LogP contribution in [0.5, 0.6) is 0 Å². The maximum atomic E-state index is 12.0. The Labute approximate surface area is 166 Å². The fourth-order valence-electron chi connectivity index (χ4n) is 2.88. The highest BCUT2D eigenvalue weighted by atomic mass is 35.5. The topological polar surface area (TPSA) is 59.0 Å². The molecule has 0 atom stereocenters. The molecule has 1 aliphatic rings. The number of thiocarbonyl (C=S) groups is 1. The van der Waals surface area contributed by atoms with E-state index in [1.54, 1.807) is 6.08 Å². The Hall–Kier alpha value is -2.96. The molecule has 27 heavy (non-hydrogen) atoms. The van der Waals surface area contributed by atoms with Crippen molar-refractivity contribution >= 4 is 40.9 Å². The predicted octanol–water partition coefficient (Wildman–Crippen LogP) is 3.60. The number of hydrogen-bond acceptors (Lipinski definition) is 3. The van der Waals surface area contributed by atoms with Crippen LogP contribution in [0, 0.1) is 0 Å². The molecule has 1 aromatic heterocycles. The number of amides is 1. The lowest BCUT2D eigenvalue weighted by molar-refractivity contribution is -0.115. The average molecular weight is 395 g/mol. The first-order chi connectivity index (χ1) is 13.1. The van der Waals surface area contributed by atoms with Crippen LogP contribution in [0.15, 0.2) is 66.5 Å². The molecular formula is C20H15ClN4OS. The van der Waals surface area contributed by atoms with E-state index in [1.807, 2.05) is 65.5 Å². The normalized spacial score (nSPS) is 15.1. The Balaban J connectivity index is 1.76. The zero-order valence-electron chi connectivity index (χ0n) is 14.1. The Morgan fingerprint density at radius 1 is 1.07 bits per heavy atom. The molecule has 134 valence electrons. The Morgan fingerprint density at radius 2 is 1.81 bits per heavy atom. The van der Waals surface area contributed by atoms with Gasteiger partial charge in [-0.15, -0.1) is 0 Å². The van der Waals surface area contributed by atoms with Crippen LogP contribution in [-0.4, -0.2) is 20.8 Å². The third-order valence-electron chi connectivity index (χ3n) is 4.15. The van der Waals surface area contributed by atoms with Crippen molar-refractivity contribution in [1.82, 2.24) is 20.4 Å². The van der Waals surface area contributed by atoms with Crippen LogP contribution in [-0.2, 0) is 11.3 Å². The van der Waals surface area contributed by atoms with Gasteiger partial charge in [-0.3, -0.25) is 14.8 Å². The van der Waals surface area contributed by atoms with Gasteiger partial charge >= 0.3 is 0 Å². The van der Waals surface area contributed by atoms with Crippen LogP contribution < -0.4 is 10.6 Å². The molecule has 1 aliphatic heterocycles. The lowest BCUT2D eigenvalue weighted by Gasteiger charge is -2.04. The van der Waals surface area contributed by atoms with Gasteiger partial charge in [-0.2, -0.15) is 5.10 Å². The van der Waals surface area contributed by atoms with E-state index >= 15 is 0 Å². The molecule has 2 aromatic carbocycles. The van der Waals surface area contributed by atoms with E-state index in [9.17, 15) is 4.79 Å². The van der Waals surface area contributed by atoms with Crippen molar-refractivity contribution in [3.8, 4) is 11.3 Å². The average Bonchev–Trinajstić information content (AvgIpc) is 3.20. The molecule has 7 heteroatoms. The number of hydrogen-bond donors (Lipinski definition) is 2. The number of carbonyl (C=O) groups excluding carboxylic acids is 1. The number of benzene rings is 2. The lowest BCUT2D eigenvalue weighted by Crippen LogP contribution is -2.21. The van der Waals surface area contributed by atoms with Gasteiger partial charge in [0.15, 0.2) is 5.11 Å². The zero-order valence-corrected chi connectivity index (χ0v) is 15.7. The van der Waals surface area contributed by atoms with Gasteiger partial charge in [0.1, 0.15) is 5.70 Å². The van der Waals surface area contributed by atoms with Crippen molar-refractivity contribution in [2.24, 2.45) is 0 Å². The van der Waals surface area contributed by atoms with E-state index in [0.717, 1.165) is 22.4 Å². The summed E-state index contributed by atoms with van der Waals surface area (Å²) in [6.45, 7) is 0.528. The predicted molar refractivity (Wildman–Crippen MR) is 110 cm³/mol. The van der Waals surface area contributed by atoms with Crippen LogP contribution in [0.4, 0.5) is 0 Å². The van der Waals surface area contributed by atoms with Crippen molar-refractivity contribution in [2.75, 3.05) is 0 Å². The molecule has 2 heterocycles. The fourth-order valence-corrected chi connectivity index (χ4v) is 3.28. The van der Waals surface area contributed by atoms with Crippen molar-refractivity contribution < 1.29 is 4.79 Å². The molecular weight excluding hydrogens is 380 g/mol. The molecule has 0 bridgehead atoms. The first-order valence-corrected chi connectivity index (χ1v) is 9.09. The number of nitrogens with one attached hydrogen (secondary N) is 2. The van der Waals surface area contributed by atoms with Crippen LogP contribution in [0.3, 0.4) is 0 Å². The van der Waals surface area contributed by atoms with Crippen LogP contribution in [0.1, 0.15) is 11.1 Å². The molecule has 4 rings (SSSR count). The number of carbonyl (C=O) groups is 1. The van der Waals surface area contributed by atoms with Gasteiger partial charge in [0.2, 0.25) is 0 Å². The monoisotopic (exact) mass is 394 g/mol. The second-order valence-corrected chi connectivity index (χ2v) is 6.87. The molecule has 3 aromatic rings. The van der Waals surface area contributed by atoms with Crippen LogP contribution in [0.2, 0.25) is 5.02 Å². The fraction of sp³-hybridized carbons (Fsp3) is 0.0500. The van der Waals surface area contributed by atoms with Gasteiger partial charge in [-0.05, 0) is 29.9 Å². The van der Waals surface area contributed by atoms with Gasteiger partial charge < -0.3 is 5.32 Å². The highest BCUT2D eigenvalue weighted by Gasteiger charge is 2.21. The number of nitrogens with zero attached hydrogens (tertiary/aromatic N) is 2. The van der Waals surface area contributed by atoms with Gasteiger partial charge in [-0.25, -0.2) is 0 Å². The molecule has 2 N–H and O–H groups in total. The van der Waals surface area contributed by atoms with Gasteiger partial charge in [0, 0.05) is 22.3 Å². The van der Waals surface area contributed by atoms with Crippen molar-refractivity contribution in [3.05, 3.63) is 82.6 Å². The quantitative estimate of drug-likeness (QED) is 0.524. The molecule has 1 saturated heterocycles. The van der Waals surface area contributed by atoms with Gasteiger partial charge in [0.05, 0.1) is 12.2 Å². The Kier molecular flexibility index (Phi) is 4.75. The summed E-state index contributed by atoms with van der Waals surface area (Å²) in [5, 5.41) is 11.2. The molecule has 0 aliphatic carbocycles. The van der Waals surface area contributed by atoms with Crippen molar-refractivity contribution in [2.45, 2.75) is 6.54 Å². The van der Waals surface area contributed by atoms with E-state index in [4.69, 9.17) is 28.9 Å². The number of halogens is 1. The summed E-state index contributed by atoms with van der Waals surface area (Å²) in [6, 6.07) is 17.5. The third-order valence-corrected chi connectivity index (χ3v) is 4.72. The van der Waals surface area contributed by atoms with Gasteiger partial charge in [-0.1, -0.05) is 60.1 Å². The molecule has 0 radical (unpaired) electrons. The summed E-state index contributed by atoms with van der Waals surface area (Å²) >= 11 is 11.3. The first-order valence-electron chi connectivity index (χ1n) is 8.30. The molecule has 0 spiro atoms. The summed E-state index contributed by atoms with van der Waals surface area (Å²) in [5.74, 6) is -0.252. The zero-order chi connectivity index (χ0) is 18.8. The summed E-state index contributed by atoms with van der Waals surface area (Å²) in [7, 11) is 0. The van der Waals surface area contributed by atoms with E-state index in [-0.39, 0.29) is 5.91 Å². The maximum absolute atomic E-state index is 12.0. The van der Waals surface area contributed by atoms with Crippen LogP contribution >= 0.6 is 23.8 Å². The summed E-state index contributed by atoms with van der Waals surface area (Å²) in [4.78, 5) is 12.0.